The highest BCUT2D eigenvalue weighted by Gasteiger charge is 2.22. The van der Waals surface area contributed by atoms with Gasteiger partial charge in [0.15, 0.2) is 5.43 Å². The first kappa shape index (κ1) is 18.9. The van der Waals surface area contributed by atoms with Crippen LogP contribution in [0, 0.1) is 0 Å². The van der Waals surface area contributed by atoms with Crippen LogP contribution in [-0.2, 0) is 17.7 Å². The molecule has 150 valence electrons. The number of ether oxygens (including phenoxy) is 2. The molecule has 0 aliphatic carbocycles. The van der Waals surface area contributed by atoms with E-state index in [1.807, 2.05) is 29.0 Å². The van der Waals surface area contributed by atoms with Crippen molar-refractivity contribution in [3.8, 4) is 22.7 Å². The summed E-state index contributed by atoms with van der Waals surface area (Å²) in [5, 5.41) is 13.6. The highest BCUT2D eigenvalue weighted by atomic mass is 16.5. The maximum absolute atomic E-state index is 12.3. The van der Waals surface area contributed by atoms with Gasteiger partial charge in [0.25, 0.3) is 0 Å². The minimum Gasteiger partial charge on any atom is -0.491 e. The zero-order valence-corrected chi connectivity index (χ0v) is 16.0. The molecule has 0 amide bonds. The van der Waals surface area contributed by atoms with Gasteiger partial charge in [-0.3, -0.25) is 4.79 Å². The summed E-state index contributed by atoms with van der Waals surface area (Å²) >= 11 is 0. The summed E-state index contributed by atoms with van der Waals surface area (Å²) in [6.45, 7) is 1.72. The van der Waals surface area contributed by atoms with E-state index >= 15 is 0 Å². The number of carboxylic acid groups (broad SMARTS) is 1. The molecule has 1 aromatic carbocycles. The monoisotopic (exact) mass is 395 g/mol. The Labute approximate surface area is 166 Å². The summed E-state index contributed by atoms with van der Waals surface area (Å²) < 4.78 is 14.6. The molecule has 8 heteroatoms. The molecule has 8 nitrogen and oxygen atoms in total. The summed E-state index contributed by atoms with van der Waals surface area (Å²) in [6.07, 6.45) is 6.41. The summed E-state index contributed by atoms with van der Waals surface area (Å²) in [7, 11) is 1.66. The quantitative estimate of drug-likeness (QED) is 0.617. The third-order valence-corrected chi connectivity index (χ3v) is 4.94. The van der Waals surface area contributed by atoms with Crippen molar-refractivity contribution < 1.29 is 19.4 Å². The van der Waals surface area contributed by atoms with E-state index in [2.05, 4.69) is 5.10 Å². The number of carbonyl (C=O) groups is 1. The molecule has 0 saturated heterocycles. The Bertz CT molecular complexity index is 1100. The van der Waals surface area contributed by atoms with Crippen molar-refractivity contribution in [2.24, 2.45) is 0 Å². The Balaban J connectivity index is 1.80. The molecule has 3 aromatic rings. The molecule has 3 heterocycles. The third kappa shape index (κ3) is 3.66. The first-order valence-electron chi connectivity index (χ1n) is 9.35. The third-order valence-electron chi connectivity index (χ3n) is 4.94. The van der Waals surface area contributed by atoms with E-state index < -0.39 is 11.4 Å². The Morgan fingerprint density at radius 3 is 2.86 bits per heavy atom. The Hall–Kier alpha value is -3.39. The van der Waals surface area contributed by atoms with Crippen LogP contribution in [0.5, 0.6) is 5.75 Å². The maximum Gasteiger partial charge on any atom is 0.341 e. The first-order chi connectivity index (χ1) is 14.1. The van der Waals surface area contributed by atoms with E-state index in [0.29, 0.717) is 37.6 Å². The van der Waals surface area contributed by atoms with Crippen molar-refractivity contribution in [2.45, 2.75) is 19.4 Å². The van der Waals surface area contributed by atoms with Gasteiger partial charge < -0.3 is 19.1 Å². The van der Waals surface area contributed by atoms with E-state index in [4.69, 9.17) is 9.47 Å². The largest absolute Gasteiger partial charge is 0.491 e. The fourth-order valence-corrected chi connectivity index (χ4v) is 3.54. The van der Waals surface area contributed by atoms with Crippen molar-refractivity contribution in [2.75, 3.05) is 20.3 Å². The summed E-state index contributed by atoms with van der Waals surface area (Å²) in [4.78, 5) is 23.6. The average Bonchev–Trinajstić information content (AvgIpc) is 3.24. The molecule has 29 heavy (non-hydrogen) atoms. The van der Waals surface area contributed by atoms with E-state index in [0.717, 1.165) is 23.2 Å². The van der Waals surface area contributed by atoms with Gasteiger partial charge in [-0.1, -0.05) is 0 Å². The van der Waals surface area contributed by atoms with Crippen LogP contribution in [0.3, 0.4) is 0 Å². The van der Waals surface area contributed by atoms with Crippen LogP contribution in [0.2, 0.25) is 0 Å². The van der Waals surface area contributed by atoms with Crippen molar-refractivity contribution in [3.63, 3.8) is 0 Å². The molecule has 0 spiro atoms. The van der Waals surface area contributed by atoms with Crippen LogP contribution >= 0.6 is 0 Å². The van der Waals surface area contributed by atoms with Gasteiger partial charge in [0.2, 0.25) is 0 Å². The molecule has 0 atom stereocenters. The van der Waals surface area contributed by atoms with Gasteiger partial charge in [-0.2, -0.15) is 5.10 Å². The number of benzene rings is 1. The van der Waals surface area contributed by atoms with Crippen LogP contribution in [0.25, 0.3) is 16.9 Å². The van der Waals surface area contributed by atoms with E-state index in [-0.39, 0.29) is 5.56 Å². The van der Waals surface area contributed by atoms with Crippen molar-refractivity contribution in [1.82, 2.24) is 14.3 Å². The highest BCUT2D eigenvalue weighted by molar-refractivity contribution is 5.87. The van der Waals surface area contributed by atoms with Gasteiger partial charge >= 0.3 is 5.97 Å². The Morgan fingerprint density at radius 1 is 1.28 bits per heavy atom. The molecular formula is C21H21N3O5. The van der Waals surface area contributed by atoms with Crippen LogP contribution in [0.1, 0.15) is 22.3 Å². The van der Waals surface area contributed by atoms with Gasteiger partial charge in [-0.25, -0.2) is 9.48 Å². The molecule has 1 aliphatic rings. The van der Waals surface area contributed by atoms with E-state index in [1.54, 1.807) is 18.0 Å². The number of carboxylic acids is 1. The minimum absolute atomic E-state index is 0.220. The van der Waals surface area contributed by atoms with E-state index in [9.17, 15) is 14.7 Å². The average molecular weight is 395 g/mol. The number of fused-ring (bicyclic) bond motifs is 3. The summed E-state index contributed by atoms with van der Waals surface area (Å²) in [5.41, 5.74) is 2.65. The molecule has 0 bridgehead atoms. The van der Waals surface area contributed by atoms with E-state index in [1.165, 1.54) is 12.3 Å². The normalized spacial score (nSPS) is 12.3. The smallest absolute Gasteiger partial charge is 0.341 e. The Kier molecular flexibility index (Phi) is 5.18. The standard InChI is InChI=1S/C21H21N3O5/c1-28-8-3-9-29-20-10-14-4-7-23-13-16(21(26)27)19(25)12-17(23)15(14)11-18(20)24-6-2-5-22-24/h2,5-6,10-13H,3-4,7-9H2,1H3,(H,26,27). The van der Waals surface area contributed by atoms with Gasteiger partial charge in [0, 0.05) is 56.9 Å². The molecule has 0 saturated carbocycles. The van der Waals surface area contributed by atoms with Crippen LogP contribution < -0.4 is 10.2 Å². The zero-order chi connectivity index (χ0) is 20.4. The molecular weight excluding hydrogens is 374 g/mol. The van der Waals surface area contributed by atoms with Crippen LogP contribution in [-0.4, -0.2) is 45.7 Å². The number of pyridine rings is 1. The SMILES string of the molecule is COCCCOc1cc2c(cc1-n1cccn1)-c1cc(=O)c(C(=O)O)cn1CC2. The molecule has 0 unspecified atom stereocenters. The molecule has 4 rings (SSSR count). The second kappa shape index (κ2) is 7.92. The fourth-order valence-electron chi connectivity index (χ4n) is 3.54. The molecule has 0 radical (unpaired) electrons. The number of hydrogen-bond acceptors (Lipinski definition) is 5. The topological polar surface area (TPSA) is 95.6 Å². The van der Waals surface area contributed by atoms with Crippen molar-refractivity contribution in [1.29, 1.82) is 0 Å². The number of rotatable bonds is 7. The van der Waals surface area contributed by atoms with Gasteiger partial charge in [-0.15, -0.1) is 0 Å². The fraction of sp³-hybridized carbons (Fsp3) is 0.286. The zero-order valence-electron chi connectivity index (χ0n) is 16.0. The van der Waals surface area contributed by atoms with Crippen LogP contribution in [0.15, 0.2) is 47.7 Å². The lowest BCUT2D eigenvalue weighted by molar-refractivity contribution is 0.0694. The number of aromatic carboxylic acids is 1. The molecule has 1 N–H and O–H groups in total. The Morgan fingerprint density at radius 2 is 2.14 bits per heavy atom. The number of aryl methyl sites for hydroxylation is 2. The summed E-state index contributed by atoms with van der Waals surface area (Å²) in [5.74, 6) is -0.505. The number of hydrogen-bond donors (Lipinski definition) is 1. The van der Waals surface area contributed by atoms with Gasteiger partial charge in [0.05, 0.1) is 12.3 Å². The molecule has 2 aromatic heterocycles. The van der Waals surface area contributed by atoms with Gasteiger partial charge in [-0.05, 0) is 30.2 Å². The predicted molar refractivity (Wildman–Crippen MR) is 106 cm³/mol. The summed E-state index contributed by atoms with van der Waals surface area (Å²) in [6, 6.07) is 7.15. The minimum atomic E-state index is -1.21. The molecule has 0 fully saturated rings. The lowest BCUT2D eigenvalue weighted by Gasteiger charge is -2.24. The first-order valence-corrected chi connectivity index (χ1v) is 9.35. The van der Waals surface area contributed by atoms with Crippen molar-refractivity contribution in [3.05, 3.63) is 64.2 Å². The lowest BCUT2D eigenvalue weighted by Crippen LogP contribution is -2.22. The van der Waals surface area contributed by atoms with Gasteiger partial charge in [0.1, 0.15) is 17.0 Å². The highest BCUT2D eigenvalue weighted by Crippen LogP contribution is 2.36. The maximum atomic E-state index is 12.3. The number of nitrogens with zero attached hydrogens (tertiary/aromatic N) is 3. The second-order valence-corrected chi connectivity index (χ2v) is 6.81. The predicted octanol–water partition coefficient (Wildman–Crippen LogP) is 2.37. The second-order valence-electron chi connectivity index (χ2n) is 6.81. The molecule has 1 aliphatic heterocycles. The van der Waals surface area contributed by atoms with Crippen LogP contribution in [0.4, 0.5) is 0 Å². The lowest BCUT2D eigenvalue weighted by atomic mass is 9.95. The number of methoxy groups -OCH3 is 1. The number of aromatic nitrogens is 3. The van der Waals surface area contributed by atoms with Crippen molar-refractivity contribution >= 4 is 5.97 Å².